The van der Waals surface area contributed by atoms with E-state index in [1.54, 1.807) is 37.0 Å². The Kier molecular flexibility index (Phi) is 3.86. The molecule has 0 aliphatic heterocycles. The molecule has 0 spiro atoms. The fourth-order valence-corrected chi connectivity index (χ4v) is 2.98. The van der Waals surface area contributed by atoms with Crippen LogP contribution in [-0.2, 0) is 13.7 Å². The Morgan fingerprint density at radius 2 is 2.07 bits per heavy atom. The van der Waals surface area contributed by atoms with E-state index in [1.807, 2.05) is 19.2 Å². The standard InChI is InChI=1S/C18H16N8O3/c1-10-6-12(24-29-10)17-22-21-16-7-15(27-3)18(23-26(16)17)28-9-11-4-5-14-13(20-11)8-19-25(14)2/h4-8H,9H2,1-3H3. The minimum atomic E-state index is 0.209. The third-order valence-corrected chi connectivity index (χ3v) is 4.42. The smallest absolute Gasteiger partial charge is 0.275 e. The number of rotatable bonds is 5. The number of aromatic nitrogens is 8. The van der Waals surface area contributed by atoms with Crippen molar-refractivity contribution in [1.29, 1.82) is 0 Å². The lowest BCUT2D eigenvalue weighted by Crippen LogP contribution is -2.05. The molecule has 0 saturated heterocycles. The molecule has 5 aromatic heterocycles. The zero-order valence-electron chi connectivity index (χ0n) is 15.9. The average Bonchev–Trinajstić information content (AvgIpc) is 3.44. The molecule has 0 N–H and O–H groups in total. The Labute approximate surface area is 163 Å². The fourth-order valence-electron chi connectivity index (χ4n) is 2.98. The largest absolute Gasteiger partial charge is 0.491 e. The van der Waals surface area contributed by atoms with Crippen LogP contribution < -0.4 is 9.47 Å². The van der Waals surface area contributed by atoms with Gasteiger partial charge >= 0.3 is 0 Å². The quantitative estimate of drug-likeness (QED) is 0.442. The van der Waals surface area contributed by atoms with E-state index in [-0.39, 0.29) is 12.5 Å². The van der Waals surface area contributed by atoms with E-state index in [0.717, 1.165) is 16.7 Å². The summed E-state index contributed by atoms with van der Waals surface area (Å²) in [6.07, 6.45) is 1.72. The molecule has 146 valence electrons. The number of ether oxygens (including phenoxy) is 2. The summed E-state index contributed by atoms with van der Waals surface area (Å²) in [5.74, 6) is 1.84. The third kappa shape index (κ3) is 2.92. The number of hydrogen-bond donors (Lipinski definition) is 0. The predicted molar refractivity (Wildman–Crippen MR) is 100 cm³/mol. The van der Waals surface area contributed by atoms with E-state index in [9.17, 15) is 0 Å². The van der Waals surface area contributed by atoms with Crippen molar-refractivity contribution in [3.8, 4) is 23.1 Å². The summed E-state index contributed by atoms with van der Waals surface area (Å²) < 4.78 is 19.7. The second-order valence-electron chi connectivity index (χ2n) is 6.40. The monoisotopic (exact) mass is 392 g/mol. The van der Waals surface area contributed by atoms with Crippen LogP contribution in [0.5, 0.6) is 11.6 Å². The molecule has 5 heterocycles. The van der Waals surface area contributed by atoms with Gasteiger partial charge in [-0.3, -0.25) is 4.68 Å². The minimum Gasteiger partial charge on any atom is -0.491 e. The van der Waals surface area contributed by atoms with E-state index < -0.39 is 0 Å². The van der Waals surface area contributed by atoms with E-state index in [1.165, 1.54) is 4.52 Å². The summed E-state index contributed by atoms with van der Waals surface area (Å²) >= 11 is 0. The van der Waals surface area contributed by atoms with Crippen LogP contribution >= 0.6 is 0 Å². The van der Waals surface area contributed by atoms with Crippen LogP contribution in [0.2, 0.25) is 0 Å². The summed E-state index contributed by atoms with van der Waals surface area (Å²) in [7, 11) is 3.41. The van der Waals surface area contributed by atoms with Crippen LogP contribution in [0.15, 0.2) is 35.0 Å². The van der Waals surface area contributed by atoms with Crippen LogP contribution in [-0.4, -0.2) is 46.8 Å². The van der Waals surface area contributed by atoms with Crippen LogP contribution in [0.1, 0.15) is 11.5 Å². The molecule has 5 aromatic rings. The first kappa shape index (κ1) is 17.1. The first-order valence-electron chi connectivity index (χ1n) is 8.77. The van der Waals surface area contributed by atoms with E-state index in [2.05, 4.69) is 30.5 Å². The van der Waals surface area contributed by atoms with Gasteiger partial charge in [0.25, 0.3) is 5.88 Å². The van der Waals surface area contributed by atoms with Gasteiger partial charge in [-0.2, -0.15) is 9.61 Å². The Morgan fingerprint density at radius 3 is 2.86 bits per heavy atom. The van der Waals surface area contributed by atoms with Crippen LogP contribution in [0.4, 0.5) is 0 Å². The van der Waals surface area contributed by atoms with E-state index in [4.69, 9.17) is 14.0 Å². The van der Waals surface area contributed by atoms with Gasteiger partial charge in [0.2, 0.25) is 5.82 Å². The van der Waals surface area contributed by atoms with Crippen LogP contribution in [0.25, 0.3) is 28.2 Å². The highest BCUT2D eigenvalue weighted by Gasteiger charge is 2.18. The molecular formula is C18H16N8O3. The van der Waals surface area contributed by atoms with Crippen molar-refractivity contribution in [2.24, 2.45) is 7.05 Å². The highest BCUT2D eigenvalue weighted by molar-refractivity contribution is 5.73. The van der Waals surface area contributed by atoms with Crippen molar-refractivity contribution in [3.63, 3.8) is 0 Å². The Morgan fingerprint density at radius 1 is 1.17 bits per heavy atom. The minimum absolute atomic E-state index is 0.209. The fraction of sp³-hybridized carbons (Fsp3) is 0.222. The normalized spacial score (nSPS) is 11.4. The number of aryl methyl sites for hydroxylation is 2. The second-order valence-corrected chi connectivity index (χ2v) is 6.40. The predicted octanol–water partition coefficient (Wildman–Crippen LogP) is 1.96. The molecule has 0 amide bonds. The van der Waals surface area contributed by atoms with Gasteiger partial charge in [-0.25, -0.2) is 4.98 Å². The topological polar surface area (TPSA) is 118 Å². The molecule has 11 nitrogen and oxygen atoms in total. The van der Waals surface area contributed by atoms with Crippen molar-refractivity contribution in [2.75, 3.05) is 7.11 Å². The summed E-state index contributed by atoms with van der Waals surface area (Å²) in [4.78, 5) is 4.56. The summed E-state index contributed by atoms with van der Waals surface area (Å²) in [5.41, 5.74) is 3.52. The van der Waals surface area contributed by atoms with E-state index in [0.29, 0.717) is 28.7 Å². The van der Waals surface area contributed by atoms with Crippen molar-refractivity contribution < 1.29 is 14.0 Å². The highest BCUT2D eigenvalue weighted by Crippen LogP contribution is 2.28. The van der Waals surface area contributed by atoms with Crippen molar-refractivity contribution >= 4 is 16.7 Å². The zero-order valence-corrected chi connectivity index (χ0v) is 15.9. The first-order valence-corrected chi connectivity index (χ1v) is 8.77. The molecular weight excluding hydrogens is 376 g/mol. The number of pyridine rings is 1. The van der Waals surface area contributed by atoms with Crippen LogP contribution in [0.3, 0.4) is 0 Å². The van der Waals surface area contributed by atoms with Crippen molar-refractivity contribution in [1.82, 2.24) is 39.7 Å². The molecule has 0 fully saturated rings. The maximum atomic E-state index is 5.90. The number of methoxy groups -OCH3 is 1. The lowest BCUT2D eigenvalue weighted by atomic mass is 10.3. The molecule has 5 rings (SSSR count). The molecule has 0 saturated carbocycles. The van der Waals surface area contributed by atoms with Gasteiger partial charge in [-0.1, -0.05) is 5.16 Å². The molecule has 0 unspecified atom stereocenters. The molecule has 11 heteroatoms. The number of fused-ring (bicyclic) bond motifs is 2. The number of hydrogen-bond acceptors (Lipinski definition) is 9. The van der Waals surface area contributed by atoms with Gasteiger partial charge in [0.15, 0.2) is 17.1 Å². The van der Waals surface area contributed by atoms with Gasteiger partial charge in [-0.15, -0.1) is 15.3 Å². The SMILES string of the molecule is COc1cc2nnc(-c3cc(C)on3)n2nc1OCc1ccc2c(cnn2C)n1. The lowest BCUT2D eigenvalue weighted by molar-refractivity contribution is 0.264. The lowest BCUT2D eigenvalue weighted by Gasteiger charge is -2.10. The van der Waals surface area contributed by atoms with Gasteiger partial charge in [0.1, 0.15) is 17.9 Å². The summed E-state index contributed by atoms with van der Waals surface area (Å²) in [6, 6.07) is 7.30. The van der Waals surface area contributed by atoms with Gasteiger partial charge in [0.05, 0.1) is 24.5 Å². The second kappa shape index (κ2) is 6.55. The van der Waals surface area contributed by atoms with Gasteiger partial charge in [0, 0.05) is 19.2 Å². The summed E-state index contributed by atoms with van der Waals surface area (Å²) in [6.45, 7) is 2.01. The molecule has 0 aliphatic carbocycles. The zero-order chi connectivity index (χ0) is 20.0. The molecule has 0 atom stereocenters. The van der Waals surface area contributed by atoms with Crippen molar-refractivity contribution in [2.45, 2.75) is 13.5 Å². The third-order valence-electron chi connectivity index (χ3n) is 4.42. The Balaban J connectivity index is 1.49. The van der Waals surface area contributed by atoms with Gasteiger partial charge in [-0.05, 0) is 19.1 Å². The maximum Gasteiger partial charge on any atom is 0.275 e. The summed E-state index contributed by atoms with van der Waals surface area (Å²) in [5, 5.41) is 20.9. The molecule has 0 bridgehead atoms. The average molecular weight is 392 g/mol. The molecule has 0 aliphatic rings. The highest BCUT2D eigenvalue weighted by atomic mass is 16.5. The molecule has 0 radical (unpaired) electrons. The van der Waals surface area contributed by atoms with Crippen LogP contribution in [0, 0.1) is 6.92 Å². The van der Waals surface area contributed by atoms with Gasteiger partial charge < -0.3 is 14.0 Å². The molecule has 0 aromatic carbocycles. The Bertz CT molecular complexity index is 1340. The number of nitrogens with zero attached hydrogens (tertiary/aromatic N) is 8. The first-order chi connectivity index (χ1) is 14.1. The Hall–Kier alpha value is -4.02. The van der Waals surface area contributed by atoms with Crippen molar-refractivity contribution in [3.05, 3.63) is 41.9 Å². The molecule has 29 heavy (non-hydrogen) atoms. The maximum absolute atomic E-state index is 5.90. The van der Waals surface area contributed by atoms with E-state index >= 15 is 0 Å².